The lowest BCUT2D eigenvalue weighted by molar-refractivity contribution is -0.255. The third-order valence-electron chi connectivity index (χ3n) is 11.6. The minimum atomic E-state index is -2.34. The average Bonchev–Trinajstić information content (AvgIpc) is 3.24. The molecule has 4 aromatic carbocycles. The monoisotopic (exact) mass is 819 g/mol. The molecule has 0 spiro atoms. The van der Waals surface area contributed by atoms with Gasteiger partial charge in [-0.1, -0.05) is 73.5 Å². The lowest BCUT2D eigenvalue weighted by Gasteiger charge is -2.50. The Morgan fingerprint density at radius 3 is 2.12 bits per heavy atom. The lowest BCUT2D eigenvalue weighted by atomic mass is 9.75. The van der Waals surface area contributed by atoms with Gasteiger partial charge >= 0.3 is 0 Å². The van der Waals surface area contributed by atoms with E-state index in [1.54, 1.807) is 18.2 Å². The van der Waals surface area contributed by atoms with Gasteiger partial charge in [0.2, 0.25) is 11.7 Å². The Bertz CT molecular complexity index is 2130. The molecule has 2 amide bonds. The van der Waals surface area contributed by atoms with Crippen molar-refractivity contribution in [2.24, 2.45) is 5.92 Å². The van der Waals surface area contributed by atoms with Gasteiger partial charge in [-0.2, -0.15) is 0 Å². The number of piperidine rings is 1. The largest absolute Gasteiger partial charge is 0.392 e. The number of hydrogen-bond acceptors (Lipinski definition) is 6. The molecule has 13 heteroatoms. The van der Waals surface area contributed by atoms with Gasteiger partial charge in [-0.15, -0.1) is 0 Å². The van der Waals surface area contributed by atoms with E-state index in [9.17, 15) is 36.6 Å². The molecule has 1 saturated carbocycles. The second-order valence-corrected chi connectivity index (χ2v) is 16.9. The first-order chi connectivity index (χ1) is 28.2. The number of amides is 2. The molecule has 6 atom stereocenters. The molecule has 314 valence electrons. The number of halogens is 5. The quantitative estimate of drug-likeness (QED) is 0.0840. The van der Waals surface area contributed by atoms with Gasteiger partial charge in [0, 0.05) is 36.7 Å². The molecule has 2 heterocycles. The van der Waals surface area contributed by atoms with Crippen LogP contribution in [0.5, 0.6) is 0 Å². The number of nitrogens with one attached hydrogen (secondary N) is 2. The number of nitrogens with zero attached hydrogens (tertiary/aromatic N) is 1. The maximum absolute atomic E-state index is 14.3. The zero-order valence-corrected chi connectivity index (χ0v) is 33.4. The molecule has 7 rings (SSSR count). The molecular formula is C46H50F5N3O5. The zero-order chi connectivity index (χ0) is 42.0. The van der Waals surface area contributed by atoms with Gasteiger partial charge in [-0.25, -0.2) is 22.0 Å². The number of ether oxygens (including phenoxy) is 2. The van der Waals surface area contributed by atoms with Gasteiger partial charge in [0.15, 0.2) is 29.6 Å². The van der Waals surface area contributed by atoms with Gasteiger partial charge in [0.05, 0.1) is 24.9 Å². The standard InChI is InChI=1S/C46H50F5N3O5/c1-46(2,3)53-43(56)35-19-18-28-9-4-5-13-34(28)54(35)24-33-22-36(29-16-14-26(25-55)15-17-29)59-45(58-33)32-12-7-11-31(21-32)30-10-6-8-27(20-30)23-52-44(57)37-38(47)40(49)42(51)41(50)39(37)48/h6-8,10-12,14-17,20-21,28,33-36,45,55H,4-5,9,13,18-19,22-25H2,1-3H3,(H,52,57)(H,53,56)/t28-,33-,34-,35-,36+,45+/m1/s1. The molecule has 0 aromatic heterocycles. The van der Waals surface area contributed by atoms with Crippen LogP contribution in [0.3, 0.4) is 0 Å². The summed E-state index contributed by atoms with van der Waals surface area (Å²) in [6.07, 6.45) is 5.42. The number of fused-ring (bicyclic) bond motifs is 1. The minimum Gasteiger partial charge on any atom is -0.392 e. The number of hydrogen-bond donors (Lipinski definition) is 3. The van der Waals surface area contributed by atoms with Crippen LogP contribution in [0.2, 0.25) is 0 Å². The van der Waals surface area contributed by atoms with Gasteiger partial charge in [0.25, 0.3) is 5.91 Å². The highest BCUT2D eigenvalue weighted by molar-refractivity contribution is 5.94. The van der Waals surface area contributed by atoms with Crippen LogP contribution in [0.15, 0.2) is 72.8 Å². The van der Waals surface area contributed by atoms with Crippen molar-refractivity contribution in [1.29, 1.82) is 0 Å². The summed E-state index contributed by atoms with van der Waals surface area (Å²) in [5.41, 5.74) is 2.54. The molecule has 0 unspecified atom stereocenters. The summed E-state index contributed by atoms with van der Waals surface area (Å²) in [7, 11) is 0. The SMILES string of the molecule is CC(C)(C)NC(=O)[C@H]1CC[C@H]2CCCC[C@H]2N1C[C@H]1C[C@@H](c2ccc(CO)cc2)O[C@@H](c2cccc(-c3cccc(CNC(=O)c4c(F)c(F)c(F)c(F)c4F)c3)c2)O1. The van der Waals surface area contributed by atoms with Crippen LogP contribution >= 0.6 is 0 Å². The molecule has 3 N–H and O–H groups in total. The van der Waals surface area contributed by atoms with E-state index in [1.165, 1.54) is 6.42 Å². The number of likely N-dealkylation sites (tertiary alicyclic amines) is 1. The first-order valence-electron chi connectivity index (χ1n) is 20.3. The van der Waals surface area contributed by atoms with Crippen LogP contribution in [-0.2, 0) is 27.4 Å². The minimum absolute atomic E-state index is 0.0355. The predicted molar refractivity (Wildman–Crippen MR) is 211 cm³/mol. The highest BCUT2D eigenvalue weighted by atomic mass is 19.2. The zero-order valence-electron chi connectivity index (χ0n) is 33.4. The molecule has 4 aromatic rings. The third-order valence-corrected chi connectivity index (χ3v) is 11.6. The van der Waals surface area contributed by atoms with Gasteiger partial charge in [-0.3, -0.25) is 14.5 Å². The Kier molecular flexibility index (Phi) is 12.9. The summed E-state index contributed by atoms with van der Waals surface area (Å²) in [5.74, 6) is -12.0. The molecular weight excluding hydrogens is 770 g/mol. The van der Waals surface area contributed by atoms with Crippen LogP contribution in [0.4, 0.5) is 22.0 Å². The first-order valence-corrected chi connectivity index (χ1v) is 20.3. The first kappa shape index (κ1) is 42.4. The van der Waals surface area contributed by atoms with Crippen LogP contribution in [0.25, 0.3) is 11.1 Å². The van der Waals surface area contributed by atoms with Crippen LogP contribution in [0.1, 0.15) is 111 Å². The van der Waals surface area contributed by atoms with E-state index in [-0.39, 0.29) is 48.9 Å². The van der Waals surface area contributed by atoms with E-state index < -0.39 is 46.8 Å². The predicted octanol–water partition coefficient (Wildman–Crippen LogP) is 8.95. The molecule has 0 bridgehead atoms. The van der Waals surface area contributed by atoms with E-state index in [0.717, 1.165) is 59.9 Å². The molecule has 8 nitrogen and oxygen atoms in total. The maximum Gasteiger partial charge on any atom is 0.257 e. The van der Waals surface area contributed by atoms with Crippen molar-refractivity contribution >= 4 is 11.8 Å². The summed E-state index contributed by atoms with van der Waals surface area (Å²) >= 11 is 0. The van der Waals surface area contributed by atoms with E-state index in [1.807, 2.05) is 75.4 Å². The summed E-state index contributed by atoms with van der Waals surface area (Å²) in [6.45, 7) is 6.20. The van der Waals surface area contributed by atoms with Crippen molar-refractivity contribution in [3.63, 3.8) is 0 Å². The lowest BCUT2D eigenvalue weighted by Crippen LogP contribution is -2.61. The summed E-state index contributed by atoms with van der Waals surface area (Å²) in [5, 5.41) is 15.2. The average molecular weight is 820 g/mol. The molecule has 3 fully saturated rings. The van der Waals surface area contributed by atoms with Crippen molar-refractivity contribution in [3.8, 4) is 11.1 Å². The van der Waals surface area contributed by atoms with E-state index in [0.29, 0.717) is 24.4 Å². The fourth-order valence-electron chi connectivity index (χ4n) is 8.80. The summed E-state index contributed by atoms with van der Waals surface area (Å²) < 4.78 is 83.2. The number of carbonyl (C=O) groups excluding carboxylic acids is 2. The fourth-order valence-corrected chi connectivity index (χ4v) is 8.80. The van der Waals surface area contributed by atoms with Crippen molar-refractivity contribution < 1.29 is 46.1 Å². The summed E-state index contributed by atoms with van der Waals surface area (Å²) in [4.78, 5) is 28.9. The van der Waals surface area contributed by atoms with E-state index in [4.69, 9.17) is 9.47 Å². The Morgan fingerprint density at radius 1 is 0.763 bits per heavy atom. The number of benzene rings is 4. The van der Waals surface area contributed by atoms with Gasteiger partial charge in [-0.05, 0) is 92.3 Å². The van der Waals surface area contributed by atoms with Gasteiger partial charge in [0.1, 0.15) is 5.56 Å². The van der Waals surface area contributed by atoms with Crippen LogP contribution in [-0.4, -0.2) is 52.1 Å². The second kappa shape index (κ2) is 17.9. The van der Waals surface area contributed by atoms with Crippen molar-refractivity contribution in [2.45, 2.75) is 115 Å². The van der Waals surface area contributed by atoms with Crippen LogP contribution in [0, 0.1) is 35.0 Å². The smallest absolute Gasteiger partial charge is 0.257 e. The molecule has 2 saturated heterocycles. The molecule has 0 radical (unpaired) electrons. The Hall–Kier alpha value is -4.69. The van der Waals surface area contributed by atoms with E-state index in [2.05, 4.69) is 15.5 Å². The van der Waals surface area contributed by atoms with Crippen LogP contribution < -0.4 is 10.6 Å². The second-order valence-electron chi connectivity index (χ2n) is 16.9. The number of aliphatic hydroxyl groups is 1. The Morgan fingerprint density at radius 2 is 1.42 bits per heavy atom. The molecule has 1 aliphatic carbocycles. The molecule has 59 heavy (non-hydrogen) atoms. The van der Waals surface area contributed by atoms with Crippen molar-refractivity contribution in [2.75, 3.05) is 6.54 Å². The summed E-state index contributed by atoms with van der Waals surface area (Å²) in [6, 6.07) is 22.2. The number of carbonyl (C=O) groups is 2. The number of rotatable bonds is 10. The van der Waals surface area contributed by atoms with Crippen molar-refractivity contribution in [1.82, 2.24) is 15.5 Å². The van der Waals surface area contributed by atoms with Gasteiger partial charge < -0.3 is 25.2 Å². The molecule has 3 aliphatic rings. The van der Waals surface area contributed by atoms with E-state index >= 15 is 0 Å². The Labute approximate surface area is 341 Å². The normalized spacial score (nSPS) is 23.7. The maximum atomic E-state index is 14.3. The highest BCUT2D eigenvalue weighted by Gasteiger charge is 2.44. The number of aliphatic hydroxyl groups excluding tert-OH is 1. The topological polar surface area (TPSA) is 100 Å². The molecule has 2 aliphatic heterocycles. The fraction of sp³-hybridized carbons (Fsp3) is 0.435. The Balaban J connectivity index is 1.14. The highest BCUT2D eigenvalue weighted by Crippen LogP contribution is 2.42. The third kappa shape index (κ3) is 9.54. The van der Waals surface area contributed by atoms with Crippen molar-refractivity contribution in [3.05, 3.63) is 130 Å².